The van der Waals surface area contributed by atoms with Gasteiger partial charge in [-0.1, -0.05) is 62.1 Å². The van der Waals surface area contributed by atoms with Gasteiger partial charge < -0.3 is 4.74 Å². The van der Waals surface area contributed by atoms with E-state index in [0.717, 1.165) is 5.75 Å². The summed E-state index contributed by atoms with van der Waals surface area (Å²) < 4.78 is 5.86. The molecule has 2 aromatic rings. The first kappa shape index (κ1) is 13.9. The zero-order valence-corrected chi connectivity index (χ0v) is 13.0. The molecule has 0 spiro atoms. The van der Waals surface area contributed by atoms with Crippen molar-refractivity contribution >= 4 is 8.07 Å². The summed E-state index contributed by atoms with van der Waals surface area (Å²) in [4.78, 5) is 0. The molecule has 2 heteroatoms. The van der Waals surface area contributed by atoms with Crippen molar-refractivity contribution in [2.24, 2.45) is 0 Å². The molecule has 2 rings (SSSR count). The summed E-state index contributed by atoms with van der Waals surface area (Å²) in [5, 5.41) is 0. The number of hydrogen-bond donors (Lipinski definition) is 0. The minimum Gasteiger partial charge on any atom is -0.489 e. The summed E-state index contributed by atoms with van der Waals surface area (Å²) in [7, 11) is -1.06. The zero-order chi connectivity index (χ0) is 13.7. The fourth-order valence-electron chi connectivity index (χ4n) is 2.10. The van der Waals surface area contributed by atoms with Gasteiger partial charge in [0.15, 0.2) is 0 Å². The van der Waals surface area contributed by atoms with E-state index in [4.69, 9.17) is 4.74 Å². The lowest BCUT2D eigenvalue weighted by molar-refractivity contribution is 0.306. The number of ether oxygens (including phenoxy) is 1. The van der Waals surface area contributed by atoms with Gasteiger partial charge in [0.2, 0.25) is 0 Å². The van der Waals surface area contributed by atoms with Crippen molar-refractivity contribution in [3.05, 3.63) is 65.7 Å². The molecule has 0 bridgehead atoms. The lowest BCUT2D eigenvalue weighted by Gasteiger charge is -2.16. The Kier molecular flexibility index (Phi) is 4.43. The Morgan fingerprint density at radius 1 is 0.842 bits per heavy atom. The van der Waals surface area contributed by atoms with Crippen LogP contribution >= 0.6 is 0 Å². The van der Waals surface area contributed by atoms with E-state index in [9.17, 15) is 0 Å². The molecule has 0 atom stereocenters. The molecule has 19 heavy (non-hydrogen) atoms. The molecule has 0 aromatic heterocycles. The van der Waals surface area contributed by atoms with Crippen molar-refractivity contribution in [2.75, 3.05) is 0 Å². The fourth-order valence-corrected chi connectivity index (χ4v) is 3.54. The van der Waals surface area contributed by atoms with Crippen molar-refractivity contribution in [1.82, 2.24) is 0 Å². The Hall–Kier alpha value is -1.54. The molecule has 2 aromatic carbocycles. The Bertz CT molecular complexity index is 514. The van der Waals surface area contributed by atoms with E-state index >= 15 is 0 Å². The third kappa shape index (κ3) is 4.91. The molecule has 100 valence electrons. The van der Waals surface area contributed by atoms with Gasteiger partial charge in [-0.25, -0.2) is 0 Å². The molecule has 0 heterocycles. The summed E-state index contributed by atoms with van der Waals surface area (Å²) in [6.45, 7) is 7.82. The van der Waals surface area contributed by atoms with Crippen LogP contribution in [0.15, 0.2) is 54.6 Å². The minimum atomic E-state index is -1.06. The third-order valence-corrected chi connectivity index (χ3v) is 4.35. The molecule has 0 unspecified atom stereocenters. The van der Waals surface area contributed by atoms with Crippen LogP contribution in [0, 0.1) is 0 Å². The summed E-state index contributed by atoms with van der Waals surface area (Å²) in [6, 6.07) is 20.0. The minimum absolute atomic E-state index is 0.636. The lowest BCUT2D eigenvalue weighted by Crippen LogP contribution is -2.23. The van der Waals surface area contributed by atoms with Crippen molar-refractivity contribution in [3.8, 4) is 5.75 Å². The van der Waals surface area contributed by atoms with Gasteiger partial charge in [-0.15, -0.1) is 0 Å². The number of benzene rings is 2. The molecular weight excluding hydrogens is 248 g/mol. The maximum Gasteiger partial charge on any atom is 0.120 e. The van der Waals surface area contributed by atoms with Crippen LogP contribution in [0.4, 0.5) is 0 Å². The highest BCUT2D eigenvalue weighted by Gasteiger charge is 2.13. The van der Waals surface area contributed by atoms with Gasteiger partial charge in [0, 0.05) is 8.07 Å². The molecule has 0 N–H and O–H groups in total. The van der Waals surface area contributed by atoms with E-state index in [2.05, 4.69) is 50.0 Å². The van der Waals surface area contributed by atoms with E-state index in [1.165, 1.54) is 17.2 Å². The van der Waals surface area contributed by atoms with E-state index in [0.29, 0.717) is 6.61 Å². The highest BCUT2D eigenvalue weighted by molar-refractivity contribution is 6.75. The fraction of sp³-hybridized carbons (Fsp3) is 0.294. The maximum absolute atomic E-state index is 5.86. The Morgan fingerprint density at radius 2 is 1.53 bits per heavy atom. The molecule has 0 aliphatic carbocycles. The van der Waals surface area contributed by atoms with Crippen LogP contribution in [-0.2, 0) is 12.7 Å². The average Bonchev–Trinajstić information content (AvgIpc) is 2.36. The predicted octanol–water partition coefficient (Wildman–Crippen LogP) is 4.69. The van der Waals surface area contributed by atoms with E-state index in [-0.39, 0.29) is 0 Å². The highest BCUT2D eigenvalue weighted by atomic mass is 28.3. The summed E-state index contributed by atoms with van der Waals surface area (Å²) in [5.74, 6) is 0.972. The molecular formula is C17H22OSi. The number of rotatable bonds is 5. The monoisotopic (exact) mass is 270 g/mol. The summed E-state index contributed by atoms with van der Waals surface area (Å²) >= 11 is 0. The topological polar surface area (TPSA) is 9.23 Å². The normalized spacial score (nSPS) is 11.3. The Labute approximate surface area is 117 Å². The van der Waals surface area contributed by atoms with Gasteiger partial charge in [0.1, 0.15) is 12.4 Å². The first-order chi connectivity index (χ1) is 9.03. The second-order valence-corrected chi connectivity index (χ2v) is 11.6. The molecule has 0 aliphatic heterocycles. The van der Waals surface area contributed by atoms with Gasteiger partial charge in [-0.05, 0) is 29.3 Å². The summed E-state index contributed by atoms with van der Waals surface area (Å²) in [6.07, 6.45) is 0. The van der Waals surface area contributed by atoms with Crippen LogP contribution in [0.1, 0.15) is 11.1 Å². The predicted molar refractivity (Wildman–Crippen MR) is 84.3 cm³/mol. The van der Waals surface area contributed by atoms with Crippen LogP contribution in [-0.4, -0.2) is 8.07 Å². The second kappa shape index (κ2) is 6.07. The van der Waals surface area contributed by atoms with E-state index in [1.807, 2.05) is 24.3 Å². The molecule has 0 radical (unpaired) electrons. The average molecular weight is 270 g/mol. The van der Waals surface area contributed by atoms with Gasteiger partial charge in [0.05, 0.1) is 0 Å². The van der Waals surface area contributed by atoms with Crippen LogP contribution in [0.5, 0.6) is 5.75 Å². The third-order valence-electron chi connectivity index (χ3n) is 2.88. The SMILES string of the molecule is C[Si](C)(C)Cc1cccc(OCc2ccccc2)c1. The largest absolute Gasteiger partial charge is 0.489 e. The standard InChI is InChI=1S/C17H22OSi/c1-19(2,3)14-16-10-7-11-17(12-16)18-13-15-8-5-4-6-9-15/h4-12H,13-14H2,1-3H3. The Morgan fingerprint density at radius 3 is 2.21 bits per heavy atom. The van der Waals surface area contributed by atoms with Gasteiger partial charge >= 0.3 is 0 Å². The lowest BCUT2D eigenvalue weighted by atomic mass is 10.2. The van der Waals surface area contributed by atoms with E-state index < -0.39 is 8.07 Å². The second-order valence-electron chi connectivity index (χ2n) is 6.16. The van der Waals surface area contributed by atoms with Crippen LogP contribution in [0.3, 0.4) is 0 Å². The van der Waals surface area contributed by atoms with E-state index in [1.54, 1.807) is 0 Å². The van der Waals surface area contributed by atoms with Crippen molar-refractivity contribution in [1.29, 1.82) is 0 Å². The molecule has 1 nitrogen and oxygen atoms in total. The van der Waals surface area contributed by atoms with Gasteiger partial charge in [0.25, 0.3) is 0 Å². The van der Waals surface area contributed by atoms with Crippen molar-refractivity contribution in [2.45, 2.75) is 32.3 Å². The molecule has 0 amide bonds. The highest BCUT2D eigenvalue weighted by Crippen LogP contribution is 2.18. The quantitative estimate of drug-likeness (QED) is 0.716. The number of hydrogen-bond acceptors (Lipinski definition) is 1. The first-order valence-electron chi connectivity index (χ1n) is 6.79. The maximum atomic E-state index is 5.86. The zero-order valence-electron chi connectivity index (χ0n) is 12.0. The molecule has 0 saturated heterocycles. The summed E-state index contributed by atoms with van der Waals surface area (Å²) in [5.41, 5.74) is 2.60. The van der Waals surface area contributed by atoms with Crippen molar-refractivity contribution < 1.29 is 4.74 Å². The Balaban J connectivity index is 1.99. The smallest absolute Gasteiger partial charge is 0.120 e. The van der Waals surface area contributed by atoms with Crippen LogP contribution in [0.2, 0.25) is 19.6 Å². The van der Waals surface area contributed by atoms with Gasteiger partial charge in [-0.2, -0.15) is 0 Å². The first-order valence-corrected chi connectivity index (χ1v) is 10.5. The molecule has 0 saturated carbocycles. The molecule has 0 fully saturated rings. The van der Waals surface area contributed by atoms with Gasteiger partial charge in [-0.3, -0.25) is 0 Å². The van der Waals surface area contributed by atoms with Crippen LogP contribution in [0.25, 0.3) is 0 Å². The van der Waals surface area contributed by atoms with Crippen molar-refractivity contribution in [3.63, 3.8) is 0 Å². The molecule has 0 aliphatic rings. The van der Waals surface area contributed by atoms with Crippen LogP contribution < -0.4 is 4.74 Å².